The van der Waals surface area contributed by atoms with Crippen LogP contribution in [0.1, 0.15) is 13.3 Å². The Labute approximate surface area is 80.5 Å². The van der Waals surface area contributed by atoms with Crippen molar-refractivity contribution < 1.29 is 19.8 Å². The van der Waals surface area contributed by atoms with Gasteiger partial charge in [0.05, 0.1) is 0 Å². The summed E-state index contributed by atoms with van der Waals surface area (Å²) in [6.07, 6.45) is 2.60. The van der Waals surface area contributed by atoms with Crippen molar-refractivity contribution >= 4 is 11.9 Å². The molecular formula is C9H11NO4. The number of carbonyl (C=O) groups is 2. The Morgan fingerprint density at radius 3 is 2.50 bits per heavy atom. The fraction of sp³-hybridized carbons (Fsp3) is 0.333. The Kier molecular flexibility index (Phi) is 2.44. The highest BCUT2D eigenvalue weighted by molar-refractivity contribution is 5.92. The summed E-state index contributed by atoms with van der Waals surface area (Å²) in [6.45, 7) is 1.62. The van der Waals surface area contributed by atoms with Crippen molar-refractivity contribution in [1.29, 1.82) is 0 Å². The van der Waals surface area contributed by atoms with Crippen molar-refractivity contribution in [1.82, 2.24) is 0 Å². The van der Waals surface area contributed by atoms with Crippen LogP contribution < -0.4 is 5.73 Å². The van der Waals surface area contributed by atoms with Crippen molar-refractivity contribution in [3.63, 3.8) is 0 Å². The van der Waals surface area contributed by atoms with Crippen LogP contribution in [0.5, 0.6) is 0 Å². The van der Waals surface area contributed by atoms with Gasteiger partial charge in [-0.3, -0.25) is 0 Å². The molecule has 14 heavy (non-hydrogen) atoms. The first-order valence-electron chi connectivity index (χ1n) is 4.01. The topological polar surface area (TPSA) is 101 Å². The van der Waals surface area contributed by atoms with Crippen molar-refractivity contribution in [2.75, 3.05) is 0 Å². The van der Waals surface area contributed by atoms with Crippen molar-refractivity contribution in [3.8, 4) is 0 Å². The molecule has 0 aromatic heterocycles. The number of hydrogen-bond donors (Lipinski definition) is 3. The standard InChI is InChI=1S/C9H11NO4/c1-5-2-6(7(11)12)4-9(10,3-5)8(13)14/h2-3H,4,10H2,1H3,(H,11,12)(H,13,14)/t9-/m0/s1. The minimum absolute atomic E-state index is 0.0231. The van der Waals surface area contributed by atoms with Gasteiger partial charge in [-0.05, 0) is 13.0 Å². The fourth-order valence-electron chi connectivity index (χ4n) is 1.41. The molecule has 1 aliphatic carbocycles. The maximum absolute atomic E-state index is 10.8. The van der Waals surface area contributed by atoms with E-state index in [4.69, 9.17) is 15.9 Å². The van der Waals surface area contributed by atoms with Gasteiger partial charge in [-0.15, -0.1) is 0 Å². The van der Waals surface area contributed by atoms with E-state index in [-0.39, 0.29) is 12.0 Å². The SMILES string of the molecule is CC1=C[C@@](N)(C(=O)O)CC(C(=O)O)=C1. The van der Waals surface area contributed by atoms with E-state index < -0.39 is 17.5 Å². The summed E-state index contributed by atoms with van der Waals surface area (Å²) in [5, 5.41) is 17.6. The smallest absolute Gasteiger partial charge is 0.331 e. The van der Waals surface area contributed by atoms with Crippen LogP contribution in [0.15, 0.2) is 23.3 Å². The lowest BCUT2D eigenvalue weighted by atomic mass is 9.85. The molecule has 1 atom stereocenters. The normalized spacial score (nSPS) is 26.4. The number of carboxylic acids is 2. The van der Waals surface area contributed by atoms with Gasteiger partial charge in [-0.1, -0.05) is 11.6 Å². The molecule has 0 aliphatic heterocycles. The van der Waals surface area contributed by atoms with Crippen molar-refractivity contribution in [2.24, 2.45) is 5.73 Å². The Morgan fingerprint density at radius 2 is 2.07 bits per heavy atom. The predicted molar refractivity (Wildman–Crippen MR) is 48.6 cm³/mol. The highest BCUT2D eigenvalue weighted by Gasteiger charge is 2.36. The molecule has 0 amide bonds. The Bertz CT molecular complexity index is 356. The lowest BCUT2D eigenvalue weighted by molar-refractivity contribution is -0.141. The number of aliphatic carboxylic acids is 2. The predicted octanol–water partition coefficient (Wildman–Crippen LogP) is 0.129. The highest BCUT2D eigenvalue weighted by Crippen LogP contribution is 2.24. The van der Waals surface area contributed by atoms with Crippen LogP contribution in [-0.2, 0) is 9.59 Å². The number of nitrogens with two attached hydrogens (primary N) is 1. The third-order valence-corrected chi connectivity index (χ3v) is 2.04. The molecule has 0 spiro atoms. The zero-order valence-corrected chi connectivity index (χ0v) is 7.65. The molecular weight excluding hydrogens is 186 g/mol. The molecule has 0 saturated carbocycles. The maximum Gasteiger partial charge on any atom is 0.331 e. The second-order valence-corrected chi connectivity index (χ2v) is 3.39. The van der Waals surface area contributed by atoms with Gasteiger partial charge in [0.1, 0.15) is 5.54 Å². The minimum Gasteiger partial charge on any atom is -0.480 e. The zero-order chi connectivity index (χ0) is 10.9. The van der Waals surface area contributed by atoms with Gasteiger partial charge < -0.3 is 15.9 Å². The summed E-state index contributed by atoms with van der Waals surface area (Å²) in [5.41, 5.74) is 4.53. The first kappa shape index (κ1) is 10.5. The van der Waals surface area contributed by atoms with E-state index >= 15 is 0 Å². The number of hydrogen-bond acceptors (Lipinski definition) is 3. The summed E-state index contributed by atoms with van der Waals surface area (Å²) in [5.74, 6) is -2.35. The average molecular weight is 197 g/mol. The quantitative estimate of drug-likeness (QED) is 0.584. The molecule has 0 aromatic carbocycles. The van der Waals surface area contributed by atoms with E-state index in [1.54, 1.807) is 6.92 Å². The molecule has 76 valence electrons. The van der Waals surface area contributed by atoms with Crippen LogP contribution in [-0.4, -0.2) is 27.7 Å². The lowest BCUT2D eigenvalue weighted by Gasteiger charge is -2.25. The molecule has 0 aromatic rings. The van der Waals surface area contributed by atoms with Gasteiger partial charge in [0, 0.05) is 12.0 Å². The highest BCUT2D eigenvalue weighted by atomic mass is 16.4. The van der Waals surface area contributed by atoms with E-state index in [9.17, 15) is 9.59 Å². The summed E-state index contributed by atoms with van der Waals surface area (Å²) in [6, 6.07) is 0. The second-order valence-electron chi connectivity index (χ2n) is 3.39. The van der Waals surface area contributed by atoms with E-state index in [1.807, 2.05) is 0 Å². The van der Waals surface area contributed by atoms with Crippen LogP contribution in [0.3, 0.4) is 0 Å². The summed E-state index contributed by atoms with van der Waals surface area (Å²) in [4.78, 5) is 21.5. The van der Waals surface area contributed by atoms with Gasteiger partial charge >= 0.3 is 11.9 Å². The zero-order valence-electron chi connectivity index (χ0n) is 7.65. The number of allylic oxidation sites excluding steroid dienone is 2. The van der Waals surface area contributed by atoms with Crippen molar-refractivity contribution in [3.05, 3.63) is 23.3 Å². The fourth-order valence-corrected chi connectivity index (χ4v) is 1.41. The largest absolute Gasteiger partial charge is 0.480 e. The van der Waals surface area contributed by atoms with E-state index in [0.29, 0.717) is 5.57 Å². The molecule has 5 nitrogen and oxygen atoms in total. The van der Waals surface area contributed by atoms with Gasteiger partial charge in [-0.2, -0.15) is 0 Å². The Balaban J connectivity index is 3.08. The average Bonchev–Trinajstić information content (AvgIpc) is 2.02. The molecule has 1 aliphatic rings. The Hall–Kier alpha value is -1.62. The summed E-state index contributed by atoms with van der Waals surface area (Å²) in [7, 11) is 0. The molecule has 0 radical (unpaired) electrons. The molecule has 0 bridgehead atoms. The molecule has 1 rings (SSSR count). The molecule has 0 fully saturated rings. The van der Waals surface area contributed by atoms with Gasteiger partial charge in [0.2, 0.25) is 0 Å². The number of rotatable bonds is 2. The van der Waals surface area contributed by atoms with Crippen molar-refractivity contribution in [2.45, 2.75) is 18.9 Å². The van der Waals surface area contributed by atoms with Crippen LogP contribution in [0, 0.1) is 0 Å². The van der Waals surface area contributed by atoms with Crippen LogP contribution in [0.4, 0.5) is 0 Å². The number of carboxylic acid groups (broad SMARTS) is 2. The molecule has 0 unspecified atom stereocenters. The van der Waals surface area contributed by atoms with E-state index in [0.717, 1.165) is 0 Å². The van der Waals surface area contributed by atoms with Crippen LogP contribution in [0.2, 0.25) is 0 Å². The van der Waals surface area contributed by atoms with E-state index in [1.165, 1.54) is 12.2 Å². The third-order valence-electron chi connectivity index (χ3n) is 2.04. The summed E-state index contributed by atoms with van der Waals surface area (Å²) < 4.78 is 0. The molecule has 0 saturated heterocycles. The maximum atomic E-state index is 10.8. The van der Waals surface area contributed by atoms with Crippen LogP contribution in [0.25, 0.3) is 0 Å². The first-order chi connectivity index (χ1) is 6.35. The molecule has 0 heterocycles. The van der Waals surface area contributed by atoms with Gasteiger partial charge in [-0.25, -0.2) is 9.59 Å². The summed E-state index contributed by atoms with van der Waals surface area (Å²) >= 11 is 0. The monoisotopic (exact) mass is 197 g/mol. The lowest BCUT2D eigenvalue weighted by Crippen LogP contribution is -2.48. The first-order valence-corrected chi connectivity index (χ1v) is 4.01. The van der Waals surface area contributed by atoms with E-state index in [2.05, 4.69) is 0 Å². The van der Waals surface area contributed by atoms with Crippen LogP contribution >= 0.6 is 0 Å². The van der Waals surface area contributed by atoms with Gasteiger partial charge in [0.25, 0.3) is 0 Å². The third kappa shape index (κ3) is 1.82. The second kappa shape index (κ2) is 3.26. The minimum atomic E-state index is -1.59. The Morgan fingerprint density at radius 1 is 1.50 bits per heavy atom. The van der Waals surface area contributed by atoms with Gasteiger partial charge in [0.15, 0.2) is 0 Å². The molecule has 4 N–H and O–H groups in total. The molecule has 5 heteroatoms.